The first-order chi connectivity index (χ1) is 5.34. The van der Waals surface area contributed by atoms with E-state index in [1.54, 1.807) is 17.5 Å². The number of likely N-dealkylation sites (tertiary alicyclic amines) is 1. The average molecular weight is 170 g/mol. The first kappa shape index (κ1) is 7.06. The Morgan fingerprint density at radius 2 is 2.55 bits per heavy atom. The zero-order valence-electron chi connectivity index (χ0n) is 6.36. The van der Waals surface area contributed by atoms with Crippen molar-refractivity contribution in [3.63, 3.8) is 0 Å². The normalized spacial score (nSPS) is 19.7. The number of aromatic nitrogens is 1. The van der Waals surface area contributed by atoms with Crippen LogP contribution < -0.4 is 4.74 Å². The van der Waals surface area contributed by atoms with Gasteiger partial charge in [-0.05, 0) is 7.05 Å². The number of likely N-dealkylation sites (N-methyl/N-ethyl adjacent to an activating group) is 1. The molecule has 2 rings (SSSR count). The molecule has 1 fully saturated rings. The van der Waals surface area contributed by atoms with Crippen molar-refractivity contribution < 1.29 is 4.74 Å². The van der Waals surface area contributed by atoms with E-state index in [1.807, 2.05) is 5.38 Å². The molecule has 0 aromatic carbocycles. The maximum absolute atomic E-state index is 5.53. The molecule has 0 N–H and O–H groups in total. The van der Waals surface area contributed by atoms with Crippen LogP contribution in [0.5, 0.6) is 5.19 Å². The summed E-state index contributed by atoms with van der Waals surface area (Å²) in [5.74, 6) is 0. The number of hydrogen-bond donors (Lipinski definition) is 0. The Balaban J connectivity index is 1.84. The maximum atomic E-state index is 5.53. The zero-order chi connectivity index (χ0) is 7.68. The number of thiazole rings is 1. The first-order valence-electron chi connectivity index (χ1n) is 3.59. The van der Waals surface area contributed by atoms with Gasteiger partial charge in [0.2, 0.25) is 0 Å². The molecule has 3 nitrogen and oxygen atoms in total. The minimum absolute atomic E-state index is 0.367. The molecule has 0 atom stereocenters. The third-order valence-electron chi connectivity index (χ3n) is 1.71. The van der Waals surface area contributed by atoms with E-state index in [0.29, 0.717) is 6.10 Å². The Hall–Kier alpha value is -0.610. The molecule has 60 valence electrons. The van der Waals surface area contributed by atoms with E-state index >= 15 is 0 Å². The maximum Gasteiger partial charge on any atom is 0.273 e. The van der Waals surface area contributed by atoms with Gasteiger partial charge >= 0.3 is 0 Å². The number of hydrogen-bond acceptors (Lipinski definition) is 4. The summed E-state index contributed by atoms with van der Waals surface area (Å²) in [5, 5.41) is 2.72. The van der Waals surface area contributed by atoms with E-state index in [1.165, 1.54) is 0 Å². The lowest BCUT2D eigenvalue weighted by molar-refractivity contribution is 0.0386. The Morgan fingerprint density at radius 1 is 1.73 bits per heavy atom. The van der Waals surface area contributed by atoms with Gasteiger partial charge in [0, 0.05) is 24.7 Å². The monoisotopic (exact) mass is 170 g/mol. The molecule has 1 aromatic heterocycles. The summed E-state index contributed by atoms with van der Waals surface area (Å²) in [7, 11) is 2.09. The molecule has 2 heterocycles. The summed E-state index contributed by atoms with van der Waals surface area (Å²) >= 11 is 1.55. The molecule has 1 aliphatic rings. The Morgan fingerprint density at radius 3 is 3.09 bits per heavy atom. The molecule has 1 aromatic rings. The standard InChI is InChI=1S/C7H10N2OS/c1-9-4-6(5-9)10-7-8-2-3-11-7/h2-3,6H,4-5H2,1H3. The average Bonchev–Trinajstić information content (AvgIpc) is 2.36. The Labute approximate surface area is 69.6 Å². The highest BCUT2D eigenvalue weighted by molar-refractivity contribution is 7.11. The van der Waals surface area contributed by atoms with Crippen molar-refractivity contribution in [2.24, 2.45) is 0 Å². The molecule has 1 saturated heterocycles. The van der Waals surface area contributed by atoms with Gasteiger partial charge in [0.15, 0.2) is 0 Å². The minimum Gasteiger partial charge on any atom is -0.464 e. The van der Waals surface area contributed by atoms with Gasteiger partial charge in [0.1, 0.15) is 6.10 Å². The van der Waals surface area contributed by atoms with Crippen LogP contribution in [-0.4, -0.2) is 36.1 Å². The van der Waals surface area contributed by atoms with Gasteiger partial charge < -0.3 is 4.74 Å². The molecule has 0 amide bonds. The largest absolute Gasteiger partial charge is 0.464 e. The van der Waals surface area contributed by atoms with E-state index in [9.17, 15) is 0 Å². The number of nitrogens with zero attached hydrogens (tertiary/aromatic N) is 2. The summed E-state index contributed by atoms with van der Waals surface area (Å²) in [6.45, 7) is 2.05. The summed E-state index contributed by atoms with van der Waals surface area (Å²) in [6.07, 6.45) is 2.13. The fourth-order valence-corrected chi connectivity index (χ4v) is 1.68. The van der Waals surface area contributed by atoms with Crippen molar-refractivity contribution in [1.29, 1.82) is 0 Å². The van der Waals surface area contributed by atoms with Gasteiger partial charge in [-0.25, -0.2) is 4.98 Å². The quantitative estimate of drug-likeness (QED) is 0.657. The molecule has 0 unspecified atom stereocenters. The molecular formula is C7H10N2OS. The summed E-state index contributed by atoms with van der Waals surface area (Å²) in [4.78, 5) is 6.26. The molecular weight excluding hydrogens is 160 g/mol. The van der Waals surface area contributed by atoms with Gasteiger partial charge in [-0.15, -0.1) is 0 Å². The van der Waals surface area contributed by atoms with Gasteiger partial charge in [0.25, 0.3) is 5.19 Å². The van der Waals surface area contributed by atoms with Gasteiger partial charge in [-0.1, -0.05) is 11.3 Å². The van der Waals surface area contributed by atoms with E-state index in [-0.39, 0.29) is 0 Å². The van der Waals surface area contributed by atoms with E-state index in [4.69, 9.17) is 4.74 Å². The van der Waals surface area contributed by atoms with E-state index in [2.05, 4.69) is 16.9 Å². The highest BCUT2D eigenvalue weighted by Crippen LogP contribution is 2.18. The first-order valence-corrected chi connectivity index (χ1v) is 4.47. The van der Waals surface area contributed by atoms with Gasteiger partial charge in [-0.3, -0.25) is 4.90 Å². The van der Waals surface area contributed by atoms with Crippen molar-refractivity contribution in [3.8, 4) is 5.19 Å². The lowest BCUT2D eigenvalue weighted by Gasteiger charge is -2.35. The van der Waals surface area contributed by atoms with E-state index < -0.39 is 0 Å². The highest BCUT2D eigenvalue weighted by Gasteiger charge is 2.25. The van der Waals surface area contributed by atoms with Crippen LogP contribution >= 0.6 is 11.3 Å². The van der Waals surface area contributed by atoms with Crippen molar-refractivity contribution in [1.82, 2.24) is 9.88 Å². The molecule has 0 aliphatic carbocycles. The van der Waals surface area contributed by atoms with Crippen LogP contribution in [0.1, 0.15) is 0 Å². The van der Waals surface area contributed by atoms with Crippen LogP contribution in [0.4, 0.5) is 0 Å². The van der Waals surface area contributed by atoms with Gasteiger partial charge in [0.05, 0.1) is 0 Å². The molecule has 1 aliphatic heterocycles. The second-order valence-electron chi connectivity index (χ2n) is 2.76. The van der Waals surface area contributed by atoms with Crippen molar-refractivity contribution in [2.45, 2.75) is 6.10 Å². The molecule has 11 heavy (non-hydrogen) atoms. The second kappa shape index (κ2) is 2.79. The van der Waals surface area contributed by atoms with Crippen LogP contribution in [0, 0.1) is 0 Å². The Kier molecular flexibility index (Phi) is 1.79. The van der Waals surface area contributed by atoms with Crippen molar-refractivity contribution in [2.75, 3.05) is 20.1 Å². The van der Waals surface area contributed by atoms with Crippen LogP contribution in [0.3, 0.4) is 0 Å². The van der Waals surface area contributed by atoms with Crippen molar-refractivity contribution in [3.05, 3.63) is 11.6 Å². The van der Waals surface area contributed by atoms with Gasteiger partial charge in [-0.2, -0.15) is 0 Å². The Bertz CT molecular complexity index is 218. The van der Waals surface area contributed by atoms with E-state index in [0.717, 1.165) is 18.3 Å². The van der Waals surface area contributed by atoms with Crippen LogP contribution in [0.15, 0.2) is 11.6 Å². The fraction of sp³-hybridized carbons (Fsp3) is 0.571. The summed E-state index contributed by atoms with van der Waals surface area (Å²) in [5.41, 5.74) is 0. The molecule has 4 heteroatoms. The van der Waals surface area contributed by atoms with Crippen LogP contribution in [0.2, 0.25) is 0 Å². The lowest BCUT2D eigenvalue weighted by atomic mass is 10.2. The van der Waals surface area contributed by atoms with Crippen LogP contribution in [0.25, 0.3) is 0 Å². The molecule has 0 bridgehead atoms. The predicted molar refractivity (Wildman–Crippen MR) is 44.0 cm³/mol. The predicted octanol–water partition coefficient (Wildman–Crippen LogP) is 0.836. The fourth-order valence-electron chi connectivity index (χ4n) is 1.13. The number of ether oxygens (including phenoxy) is 1. The topological polar surface area (TPSA) is 25.4 Å². The van der Waals surface area contributed by atoms with Crippen LogP contribution in [-0.2, 0) is 0 Å². The summed E-state index contributed by atoms with van der Waals surface area (Å²) in [6, 6.07) is 0. The highest BCUT2D eigenvalue weighted by atomic mass is 32.1. The molecule has 0 radical (unpaired) electrons. The third-order valence-corrected chi connectivity index (χ3v) is 2.37. The smallest absolute Gasteiger partial charge is 0.273 e. The third kappa shape index (κ3) is 1.52. The molecule has 0 spiro atoms. The summed E-state index contributed by atoms with van der Waals surface area (Å²) < 4.78 is 5.53. The zero-order valence-corrected chi connectivity index (χ0v) is 7.17. The van der Waals surface area contributed by atoms with Crippen molar-refractivity contribution >= 4 is 11.3 Å². The second-order valence-corrected chi connectivity index (χ2v) is 3.62. The molecule has 0 saturated carbocycles. The number of rotatable bonds is 2. The SMILES string of the molecule is CN1CC(Oc2nccs2)C1. The lowest BCUT2D eigenvalue weighted by Crippen LogP contribution is -2.51. The minimum atomic E-state index is 0.367.